The number of carbonyl (C=O) groups excluding carboxylic acids is 1. The van der Waals surface area contributed by atoms with E-state index in [4.69, 9.17) is 9.47 Å². The number of nitrogens with one attached hydrogen (secondary N) is 1. The summed E-state index contributed by atoms with van der Waals surface area (Å²) < 4.78 is 25.4. The molecule has 0 aromatic heterocycles. The largest absolute Gasteiger partial charge is 0.486 e. The summed E-state index contributed by atoms with van der Waals surface area (Å²) in [7, 11) is 0. The zero-order chi connectivity index (χ0) is 19.5. The van der Waals surface area contributed by atoms with Crippen LogP contribution in [0.5, 0.6) is 11.5 Å². The number of fused-ring (bicyclic) bond motifs is 1. The van der Waals surface area contributed by atoms with Crippen LogP contribution in [0.2, 0.25) is 0 Å². The molecule has 1 heterocycles. The van der Waals surface area contributed by atoms with Crippen molar-refractivity contribution in [3.05, 3.63) is 76.5 Å². The van der Waals surface area contributed by atoms with Gasteiger partial charge in [-0.3, -0.25) is 4.79 Å². The van der Waals surface area contributed by atoms with Crippen LogP contribution in [0.15, 0.2) is 74.9 Å². The molecule has 0 bridgehead atoms. The summed E-state index contributed by atoms with van der Waals surface area (Å²) in [5, 5.41) is 2.87. The highest BCUT2D eigenvalue weighted by Gasteiger charge is 2.19. The van der Waals surface area contributed by atoms with Gasteiger partial charge in [0.25, 0.3) is 5.91 Å². The van der Waals surface area contributed by atoms with Crippen LogP contribution < -0.4 is 14.8 Å². The average molecular weight is 460 g/mol. The van der Waals surface area contributed by atoms with Crippen molar-refractivity contribution in [3.63, 3.8) is 0 Å². The Morgan fingerprint density at radius 1 is 1.00 bits per heavy atom. The van der Waals surface area contributed by atoms with E-state index in [-0.39, 0.29) is 5.56 Å². The molecule has 3 aromatic rings. The van der Waals surface area contributed by atoms with E-state index >= 15 is 0 Å². The van der Waals surface area contributed by atoms with Crippen LogP contribution in [0.25, 0.3) is 0 Å². The lowest BCUT2D eigenvalue weighted by Crippen LogP contribution is -2.17. The molecule has 1 aliphatic heterocycles. The molecule has 28 heavy (non-hydrogen) atoms. The topological polar surface area (TPSA) is 47.6 Å². The van der Waals surface area contributed by atoms with Gasteiger partial charge in [-0.1, -0.05) is 30.0 Å². The molecule has 0 spiro atoms. The molecular weight excluding hydrogens is 445 g/mol. The van der Waals surface area contributed by atoms with Gasteiger partial charge in [0.2, 0.25) is 0 Å². The van der Waals surface area contributed by atoms with E-state index < -0.39 is 11.7 Å². The zero-order valence-corrected chi connectivity index (χ0v) is 17.0. The Hall–Kier alpha value is -2.51. The molecule has 4 rings (SSSR count). The van der Waals surface area contributed by atoms with Gasteiger partial charge in [-0.15, -0.1) is 0 Å². The second-order valence-electron chi connectivity index (χ2n) is 5.99. The summed E-state index contributed by atoms with van der Waals surface area (Å²) in [4.78, 5) is 14.6. The van der Waals surface area contributed by atoms with Gasteiger partial charge in [-0.25, -0.2) is 4.39 Å². The molecule has 0 aliphatic carbocycles. The van der Waals surface area contributed by atoms with Gasteiger partial charge in [0.05, 0.1) is 11.3 Å². The third kappa shape index (κ3) is 4.15. The SMILES string of the molecule is O=C(Nc1cc2c(cc1Sc1ccccc1)OCCO2)c1cc(F)ccc1Br. The molecule has 7 heteroatoms. The fourth-order valence-electron chi connectivity index (χ4n) is 2.73. The van der Waals surface area contributed by atoms with E-state index in [9.17, 15) is 9.18 Å². The van der Waals surface area contributed by atoms with Gasteiger partial charge in [0.1, 0.15) is 19.0 Å². The number of amides is 1. The summed E-state index contributed by atoms with van der Waals surface area (Å²) in [6.45, 7) is 0.922. The second-order valence-corrected chi connectivity index (χ2v) is 7.96. The number of ether oxygens (including phenoxy) is 2. The first-order valence-electron chi connectivity index (χ1n) is 8.53. The highest BCUT2D eigenvalue weighted by atomic mass is 79.9. The molecule has 0 radical (unpaired) electrons. The molecule has 1 amide bonds. The van der Waals surface area contributed by atoms with E-state index in [0.717, 1.165) is 9.79 Å². The molecular formula is C21H15BrFNO3S. The van der Waals surface area contributed by atoms with E-state index in [2.05, 4.69) is 21.2 Å². The van der Waals surface area contributed by atoms with Crippen molar-refractivity contribution < 1.29 is 18.7 Å². The predicted molar refractivity (Wildman–Crippen MR) is 110 cm³/mol. The summed E-state index contributed by atoms with van der Waals surface area (Å²) in [6.07, 6.45) is 0. The summed E-state index contributed by atoms with van der Waals surface area (Å²) in [5.74, 6) is 0.305. The lowest BCUT2D eigenvalue weighted by molar-refractivity contribution is 0.102. The highest BCUT2D eigenvalue weighted by molar-refractivity contribution is 9.10. The molecule has 1 aliphatic rings. The highest BCUT2D eigenvalue weighted by Crippen LogP contribution is 2.42. The van der Waals surface area contributed by atoms with Crippen LogP contribution in [0.1, 0.15) is 10.4 Å². The Kier molecular flexibility index (Phi) is 5.54. The summed E-state index contributed by atoms with van der Waals surface area (Å²) in [5.41, 5.74) is 0.782. The molecule has 0 fully saturated rings. The van der Waals surface area contributed by atoms with Crippen LogP contribution in [-0.2, 0) is 0 Å². The Balaban J connectivity index is 1.70. The van der Waals surface area contributed by atoms with Crippen LogP contribution in [0.4, 0.5) is 10.1 Å². The van der Waals surface area contributed by atoms with Crippen molar-refractivity contribution in [2.45, 2.75) is 9.79 Å². The molecule has 0 saturated heterocycles. The summed E-state index contributed by atoms with van der Waals surface area (Å²) in [6, 6.07) is 17.4. The predicted octanol–water partition coefficient (Wildman–Crippen LogP) is 5.76. The van der Waals surface area contributed by atoms with Crippen LogP contribution in [0, 0.1) is 5.82 Å². The first-order valence-corrected chi connectivity index (χ1v) is 10.1. The average Bonchev–Trinajstić information content (AvgIpc) is 2.71. The van der Waals surface area contributed by atoms with Crippen molar-refractivity contribution in [2.24, 2.45) is 0 Å². The van der Waals surface area contributed by atoms with Gasteiger partial charge in [0.15, 0.2) is 11.5 Å². The maximum absolute atomic E-state index is 13.6. The lowest BCUT2D eigenvalue weighted by atomic mass is 10.2. The molecule has 0 saturated carbocycles. The second kappa shape index (κ2) is 8.24. The lowest BCUT2D eigenvalue weighted by Gasteiger charge is -2.21. The molecule has 142 valence electrons. The number of carbonyl (C=O) groups is 1. The number of rotatable bonds is 4. The molecule has 0 unspecified atom stereocenters. The quantitative estimate of drug-likeness (QED) is 0.538. The number of hydrogen-bond donors (Lipinski definition) is 1. The first kappa shape index (κ1) is 18.8. The fraction of sp³-hybridized carbons (Fsp3) is 0.0952. The van der Waals surface area contributed by atoms with E-state index in [1.807, 2.05) is 36.4 Å². The zero-order valence-electron chi connectivity index (χ0n) is 14.6. The Morgan fingerprint density at radius 3 is 2.46 bits per heavy atom. The Bertz CT molecular complexity index is 1030. The monoisotopic (exact) mass is 459 g/mol. The van der Waals surface area contributed by atoms with Gasteiger partial charge < -0.3 is 14.8 Å². The molecule has 1 N–H and O–H groups in total. The van der Waals surface area contributed by atoms with Gasteiger partial charge in [0, 0.05) is 26.4 Å². The fourth-order valence-corrected chi connectivity index (χ4v) is 4.09. The van der Waals surface area contributed by atoms with Gasteiger partial charge in [-0.05, 0) is 46.3 Å². The maximum atomic E-state index is 13.6. The van der Waals surface area contributed by atoms with E-state index in [1.54, 1.807) is 6.07 Å². The summed E-state index contributed by atoms with van der Waals surface area (Å²) >= 11 is 4.79. The molecule has 4 nitrogen and oxygen atoms in total. The third-order valence-corrected chi connectivity index (χ3v) is 5.79. The van der Waals surface area contributed by atoms with Gasteiger partial charge >= 0.3 is 0 Å². The molecule has 3 aromatic carbocycles. The van der Waals surface area contributed by atoms with Crippen molar-refractivity contribution in [2.75, 3.05) is 18.5 Å². The minimum Gasteiger partial charge on any atom is -0.486 e. The van der Waals surface area contributed by atoms with E-state index in [1.165, 1.54) is 30.0 Å². The van der Waals surface area contributed by atoms with E-state index in [0.29, 0.717) is 34.9 Å². The Labute approximate surface area is 174 Å². The molecule has 0 atom stereocenters. The number of benzene rings is 3. The van der Waals surface area contributed by atoms with Crippen molar-refractivity contribution >= 4 is 39.3 Å². The number of hydrogen-bond acceptors (Lipinski definition) is 4. The minimum atomic E-state index is -0.477. The van der Waals surface area contributed by atoms with Crippen LogP contribution in [-0.4, -0.2) is 19.1 Å². The van der Waals surface area contributed by atoms with Crippen LogP contribution >= 0.6 is 27.7 Å². The number of anilines is 1. The van der Waals surface area contributed by atoms with Crippen molar-refractivity contribution in [1.29, 1.82) is 0 Å². The Morgan fingerprint density at radius 2 is 1.71 bits per heavy atom. The first-order chi connectivity index (χ1) is 13.6. The normalized spacial score (nSPS) is 12.5. The van der Waals surface area contributed by atoms with Crippen molar-refractivity contribution in [3.8, 4) is 11.5 Å². The minimum absolute atomic E-state index is 0.213. The maximum Gasteiger partial charge on any atom is 0.256 e. The van der Waals surface area contributed by atoms with Crippen molar-refractivity contribution in [1.82, 2.24) is 0 Å². The van der Waals surface area contributed by atoms with Gasteiger partial charge in [-0.2, -0.15) is 0 Å². The number of halogens is 2. The standard InChI is InChI=1S/C21H15BrFNO3S/c22-16-7-6-13(23)10-15(16)21(25)24-17-11-18-19(27-9-8-26-18)12-20(17)28-14-4-2-1-3-5-14/h1-7,10-12H,8-9H2,(H,24,25). The smallest absolute Gasteiger partial charge is 0.256 e. The third-order valence-electron chi connectivity index (χ3n) is 4.04. The van der Waals surface area contributed by atoms with Crippen LogP contribution in [0.3, 0.4) is 0 Å².